The zero-order chi connectivity index (χ0) is 13.0. The molecule has 0 heterocycles. The van der Waals surface area contributed by atoms with Crippen LogP contribution in [0.3, 0.4) is 0 Å². The van der Waals surface area contributed by atoms with Gasteiger partial charge < -0.3 is 10.2 Å². The van der Waals surface area contributed by atoms with Crippen molar-refractivity contribution >= 4 is 6.08 Å². The lowest BCUT2D eigenvalue weighted by atomic mass is 9.87. The Morgan fingerprint density at radius 2 is 1.79 bits per heavy atom. The van der Waals surface area contributed by atoms with E-state index >= 15 is 0 Å². The maximum absolute atomic E-state index is 10.1. The number of benzene rings is 2. The lowest BCUT2D eigenvalue weighted by molar-refractivity contribution is 0.0470. The molecular weight excluding hydrogens is 236 g/mol. The van der Waals surface area contributed by atoms with E-state index in [-0.39, 0.29) is 0 Å². The predicted octanol–water partition coefficient (Wildman–Crippen LogP) is 2.68. The lowest BCUT2D eigenvalue weighted by Crippen LogP contribution is -2.19. The molecule has 2 aliphatic rings. The fourth-order valence-electron chi connectivity index (χ4n) is 3.19. The highest BCUT2D eigenvalue weighted by atomic mass is 16.3. The van der Waals surface area contributed by atoms with Crippen molar-refractivity contribution in [1.29, 1.82) is 0 Å². The molecule has 19 heavy (non-hydrogen) atoms. The van der Waals surface area contributed by atoms with Crippen LogP contribution in [0.2, 0.25) is 0 Å². The molecule has 0 aliphatic heterocycles. The van der Waals surface area contributed by atoms with E-state index < -0.39 is 12.2 Å². The van der Waals surface area contributed by atoms with Crippen LogP contribution in [-0.2, 0) is 6.42 Å². The predicted molar refractivity (Wildman–Crippen MR) is 74.7 cm³/mol. The standard InChI is InChI=1S/C17H14O2/c18-15-8-7-13-14(17(15)19)6-5-11-9-10-3-1-2-4-12(10)16(11)13/h1-8,15,17-19H,9H2/t15-,17-/m1/s1. The van der Waals surface area contributed by atoms with Crippen LogP contribution >= 0.6 is 0 Å². The van der Waals surface area contributed by atoms with E-state index in [1.807, 2.05) is 18.2 Å². The van der Waals surface area contributed by atoms with E-state index in [0.717, 1.165) is 17.5 Å². The van der Waals surface area contributed by atoms with Crippen LogP contribution in [0.1, 0.15) is 28.4 Å². The van der Waals surface area contributed by atoms with Crippen LogP contribution in [0.4, 0.5) is 0 Å². The zero-order valence-electron chi connectivity index (χ0n) is 10.4. The first-order chi connectivity index (χ1) is 9.25. The van der Waals surface area contributed by atoms with E-state index in [1.165, 1.54) is 22.3 Å². The van der Waals surface area contributed by atoms with Crippen LogP contribution in [0.5, 0.6) is 0 Å². The topological polar surface area (TPSA) is 40.5 Å². The molecule has 2 nitrogen and oxygen atoms in total. The summed E-state index contributed by atoms with van der Waals surface area (Å²) in [6.45, 7) is 0. The van der Waals surface area contributed by atoms with Gasteiger partial charge in [0.2, 0.25) is 0 Å². The summed E-state index contributed by atoms with van der Waals surface area (Å²) in [7, 11) is 0. The van der Waals surface area contributed by atoms with E-state index in [4.69, 9.17) is 0 Å². The van der Waals surface area contributed by atoms with Gasteiger partial charge in [0.25, 0.3) is 0 Å². The van der Waals surface area contributed by atoms with E-state index in [2.05, 4.69) is 24.3 Å². The molecule has 4 rings (SSSR count). The van der Waals surface area contributed by atoms with Gasteiger partial charge in [-0.3, -0.25) is 0 Å². The molecule has 0 aromatic heterocycles. The Morgan fingerprint density at radius 3 is 2.68 bits per heavy atom. The Bertz CT molecular complexity index is 700. The maximum Gasteiger partial charge on any atom is 0.109 e. The number of rotatable bonds is 0. The number of hydrogen-bond donors (Lipinski definition) is 2. The normalized spacial score (nSPS) is 22.8. The average Bonchev–Trinajstić information content (AvgIpc) is 2.81. The van der Waals surface area contributed by atoms with Gasteiger partial charge in [-0.25, -0.2) is 0 Å². The molecule has 2 atom stereocenters. The molecule has 0 spiro atoms. The Balaban J connectivity index is 2.01. The second-order valence-corrected chi connectivity index (χ2v) is 5.23. The number of fused-ring (bicyclic) bond motifs is 5. The third-order valence-corrected chi connectivity index (χ3v) is 4.14. The molecule has 2 heteroatoms. The van der Waals surface area contributed by atoms with Gasteiger partial charge in [-0.15, -0.1) is 0 Å². The molecule has 0 saturated carbocycles. The van der Waals surface area contributed by atoms with Crippen molar-refractivity contribution in [1.82, 2.24) is 0 Å². The van der Waals surface area contributed by atoms with Crippen molar-refractivity contribution in [2.24, 2.45) is 0 Å². The molecular formula is C17H14O2. The minimum Gasteiger partial charge on any atom is -0.386 e. The fourth-order valence-corrected chi connectivity index (χ4v) is 3.19. The summed E-state index contributed by atoms with van der Waals surface area (Å²) in [4.78, 5) is 0. The molecule has 0 amide bonds. The summed E-state index contributed by atoms with van der Waals surface area (Å²) >= 11 is 0. The summed E-state index contributed by atoms with van der Waals surface area (Å²) in [5.74, 6) is 0. The van der Waals surface area contributed by atoms with Crippen molar-refractivity contribution in [3.63, 3.8) is 0 Å². The van der Waals surface area contributed by atoms with Crippen LogP contribution in [0, 0.1) is 0 Å². The van der Waals surface area contributed by atoms with Gasteiger partial charge in [0, 0.05) is 0 Å². The molecule has 0 fully saturated rings. The Kier molecular flexibility index (Phi) is 2.19. The third kappa shape index (κ3) is 1.44. The summed E-state index contributed by atoms with van der Waals surface area (Å²) in [6, 6.07) is 12.4. The van der Waals surface area contributed by atoms with Crippen LogP contribution < -0.4 is 0 Å². The Labute approximate surface area is 111 Å². The molecule has 0 radical (unpaired) electrons. The number of aliphatic hydroxyl groups excluding tert-OH is 2. The van der Waals surface area contributed by atoms with Gasteiger partial charge in [0.1, 0.15) is 12.2 Å². The SMILES string of the molecule is O[C@@H]1C=Cc2c(ccc3c2-c2ccccc2C3)[C@H]1O. The Hall–Kier alpha value is -1.90. The average molecular weight is 250 g/mol. The van der Waals surface area contributed by atoms with Gasteiger partial charge in [-0.1, -0.05) is 48.6 Å². The van der Waals surface area contributed by atoms with Gasteiger partial charge >= 0.3 is 0 Å². The third-order valence-electron chi connectivity index (χ3n) is 4.14. The summed E-state index contributed by atoms with van der Waals surface area (Å²) in [5.41, 5.74) is 6.98. The van der Waals surface area contributed by atoms with Crippen LogP contribution in [-0.4, -0.2) is 16.3 Å². The monoisotopic (exact) mass is 250 g/mol. The molecule has 2 N–H and O–H groups in total. The van der Waals surface area contributed by atoms with E-state index in [1.54, 1.807) is 6.08 Å². The summed E-state index contributed by atoms with van der Waals surface area (Å²) in [6.07, 6.45) is 2.94. The highest BCUT2D eigenvalue weighted by molar-refractivity contribution is 5.86. The molecule has 2 aromatic rings. The second-order valence-electron chi connectivity index (χ2n) is 5.23. The van der Waals surface area contributed by atoms with Gasteiger partial charge in [-0.2, -0.15) is 0 Å². The minimum absolute atomic E-state index is 0.804. The van der Waals surface area contributed by atoms with E-state index in [9.17, 15) is 10.2 Å². The van der Waals surface area contributed by atoms with Gasteiger partial charge in [0.05, 0.1) is 0 Å². The first-order valence-corrected chi connectivity index (χ1v) is 6.54. The van der Waals surface area contributed by atoms with Crippen molar-refractivity contribution in [2.75, 3.05) is 0 Å². The molecule has 0 bridgehead atoms. The quantitative estimate of drug-likeness (QED) is 0.644. The highest BCUT2D eigenvalue weighted by Gasteiger charge is 2.28. The first kappa shape index (κ1) is 11.0. The van der Waals surface area contributed by atoms with Gasteiger partial charge in [0.15, 0.2) is 0 Å². The first-order valence-electron chi connectivity index (χ1n) is 6.54. The summed E-state index contributed by atoms with van der Waals surface area (Å²) < 4.78 is 0. The molecule has 2 aromatic carbocycles. The van der Waals surface area contributed by atoms with Gasteiger partial charge in [-0.05, 0) is 39.8 Å². The van der Waals surface area contributed by atoms with E-state index in [0.29, 0.717) is 0 Å². The maximum atomic E-state index is 10.1. The summed E-state index contributed by atoms with van der Waals surface area (Å²) in [5, 5.41) is 19.8. The largest absolute Gasteiger partial charge is 0.386 e. The van der Waals surface area contributed by atoms with Crippen molar-refractivity contribution in [2.45, 2.75) is 18.6 Å². The highest BCUT2D eigenvalue weighted by Crippen LogP contribution is 2.43. The number of aliphatic hydroxyl groups is 2. The molecule has 0 saturated heterocycles. The fraction of sp³-hybridized carbons (Fsp3) is 0.176. The lowest BCUT2D eigenvalue weighted by Gasteiger charge is -2.24. The minimum atomic E-state index is -0.821. The molecule has 94 valence electrons. The molecule has 0 unspecified atom stereocenters. The number of hydrogen-bond acceptors (Lipinski definition) is 2. The van der Waals surface area contributed by atoms with Crippen molar-refractivity contribution in [3.8, 4) is 11.1 Å². The van der Waals surface area contributed by atoms with Crippen molar-refractivity contribution in [3.05, 3.63) is 64.7 Å². The van der Waals surface area contributed by atoms with Crippen LogP contribution in [0.25, 0.3) is 17.2 Å². The zero-order valence-corrected chi connectivity index (χ0v) is 10.4. The van der Waals surface area contributed by atoms with Crippen molar-refractivity contribution < 1.29 is 10.2 Å². The smallest absolute Gasteiger partial charge is 0.109 e. The molecule has 2 aliphatic carbocycles. The van der Waals surface area contributed by atoms with Crippen LogP contribution in [0.15, 0.2) is 42.5 Å². The second kappa shape index (κ2) is 3.80. The Morgan fingerprint density at radius 1 is 0.947 bits per heavy atom.